The molecule has 0 saturated heterocycles. The molecule has 1 rings (SSSR count). The Balaban J connectivity index is 2.52. The Morgan fingerprint density at radius 3 is 2.45 bits per heavy atom. The van der Waals surface area contributed by atoms with E-state index in [0.29, 0.717) is 0 Å². The Labute approximate surface area is 69.6 Å². The molecule has 0 bridgehead atoms. The van der Waals surface area contributed by atoms with Crippen molar-refractivity contribution < 1.29 is 9.32 Å². The van der Waals surface area contributed by atoms with Crippen molar-refractivity contribution in [2.75, 3.05) is 0 Å². The van der Waals surface area contributed by atoms with Gasteiger partial charge in [-0.05, 0) is 19.1 Å². The Morgan fingerprint density at radius 2 is 1.91 bits per heavy atom. The first-order chi connectivity index (χ1) is 5.33. The number of benzene rings is 1. The van der Waals surface area contributed by atoms with Crippen molar-refractivity contribution in [1.29, 1.82) is 0 Å². The fourth-order valence-corrected chi connectivity index (χ4v) is 1.02. The second kappa shape index (κ2) is 4.35. The molecule has 4 heteroatoms. The van der Waals surface area contributed by atoms with Crippen molar-refractivity contribution >= 4 is 12.0 Å². The standard InChI is InChI=1S/C7H9NO2S/c1-6-2-4-7(5-3-6)11-10-9-8/h2-5H,8H2,1H3. The lowest BCUT2D eigenvalue weighted by atomic mass is 10.2. The van der Waals surface area contributed by atoms with E-state index in [2.05, 4.69) is 15.2 Å². The number of hydrogen-bond donors (Lipinski definition) is 1. The van der Waals surface area contributed by atoms with Crippen molar-refractivity contribution in [2.45, 2.75) is 11.8 Å². The molecule has 0 aromatic heterocycles. The summed E-state index contributed by atoms with van der Waals surface area (Å²) >= 11 is 1.08. The quantitative estimate of drug-likeness (QED) is 0.428. The van der Waals surface area contributed by atoms with Gasteiger partial charge in [0.15, 0.2) is 0 Å². The normalized spacial score (nSPS) is 10.0. The fourth-order valence-electron chi connectivity index (χ4n) is 0.653. The second-order valence-corrected chi connectivity index (χ2v) is 2.83. The predicted molar refractivity (Wildman–Crippen MR) is 43.4 cm³/mol. The Morgan fingerprint density at radius 1 is 1.27 bits per heavy atom. The van der Waals surface area contributed by atoms with Crippen LogP contribution in [-0.2, 0) is 9.32 Å². The molecule has 60 valence electrons. The van der Waals surface area contributed by atoms with Gasteiger partial charge in [-0.1, -0.05) is 17.7 Å². The summed E-state index contributed by atoms with van der Waals surface area (Å²) in [5, 5.41) is 0. The Hall–Kier alpha value is -0.550. The highest BCUT2D eigenvalue weighted by atomic mass is 32.2. The lowest BCUT2D eigenvalue weighted by Gasteiger charge is -1.97. The van der Waals surface area contributed by atoms with Gasteiger partial charge >= 0.3 is 0 Å². The molecule has 1 aromatic carbocycles. The third-order valence-electron chi connectivity index (χ3n) is 1.19. The van der Waals surface area contributed by atoms with Crippen molar-refractivity contribution in [3.63, 3.8) is 0 Å². The minimum Gasteiger partial charge on any atom is -0.182 e. The van der Waals surface area contributed by atoms with E-state index < -0.39 is 0 Å². The molecule has 3 nitrogen and oxygen atoms in total. The maximum atomic E-state index is 4.66. The first-order valence-corrected chi connectivity index (χ1v) is 3.84. The zero-order valence-corrected chi connectivity index (χ0v) is 6.93. The van der Waals surface area contributed by atoms with Gasteiger partial charge in [0.05, 0.1) is 12.0 Å². The molecule has 0 aliphatic carbocycles. The van der Waals surface area contributed by atoms with Crippen molar-refractivity contribution in [3.8, 4) is 0 Å². The van der Waals surface area contributed by atoms with Crippen LogP contribution in [0.15, 0.2) is 29.2 Å². The van der Waals surface area contributed by atoms with E-state index in [9.17, 15) is 0 Å². The highest BCUT2D eigenvalue weighted by Gasteiger charge is 1.92. The first-order valence-electron chi connectivity index (χ1n) is 3.09. The van der Waals surface area contributed by atoms with Crippen molar-refractivity contribution in [2.24, 2.45) is 5.90 Å². The average molecular weight is 171 g/mol. The molecule has 0 radical (unpaired) electrons. The largest absolute Gasteiger partial charge is 0.182 e. The monoisotopic (exact) mass is 171 g/mol. The summed E-state index contributed by atoms with van der Waals surface area (Å²) in [6.07, 6.45) is 0. The van der Waals surface area contributed by atoms with Crippen LogP contribution in [0.4, 0.5) is 0 Å². The van der Waals surface area contributed by atoms with E-state index in [1.54, 1.807) is 0 Å². The summed E-state index contributed by atoms with van der Waals surface area (Å²) < 4.78 is 4.45. The molecule has 0 aliphatic rings. The van der Waals surface area contributed by atoms with Gasteiger partial charge in [0.1, 0.15) is 0 Å². The molecule has 0 heterocycles. The van der Waals surface area contributed by atoms with Crippen LogP contribution in [0.25, 0.3) is 0 Å². The maximum Gasteiger partial charge on any atom is 0.0702 e. The van der Waals surface area contributed by atoms with E-state index in [4.69, 9.17) is 0 Å². The molecule has 0 atom stereocenters. The highest BCUT2D eigenvalue weighted by Crippen LogP contribution is 2.18. The third kappa shape index (κ3) is 2.90. The summed E-state index contributed by atoms with van der Waals surface area (Å²) in [5.74, 6) is 4.66. The van der Waals surface area contributed by atoms with E-state index in [1.807, 2.05) is 31.2 Å². The van der Waals surface area contributed by atoms with Crippen LogP contribution < -0.4 is 5.90 Å². The summed E-state index contributed by atoms with van der Waals surface area (Å²) in [7, 11) is 0. The molecular weight excluding hydrogens is 162 g/mol. The molecule has 0 saturated carbocycles. The summed E-state index contributed by atoms with van der Waals surface area (Å²) in [6, 6.07) is 7.84. The lowest BCUT2D eigenvalue weighted by molar-refractivity contribution is -0.195. The third-order valence-corrected chi connectivity index (χ3v) is 1.80. The number of hydrogen-bond acceptors (Lipinski definition) is 4. The second-order valence-electron chi connectivity index (χ2n) is 2.06. The van der Waals surface area contributed by atoms with E-state index >= 15 is 0 Å². The molecule has 1 aromatic rings. The van der Waals surface area contributed by atoms with Crippen LogP contribution in [-0.4, -0.2) is 0 Å². The van der Waals surface area contributed by atoms with E-state index in [-0.39, 0.29) is 0 Å². The highest BCUT2D eigenvalue weighted by molar-refractivity contribution is 7.94. The van der Waals surface area contributed by atoms with Gasteiger partial charge < -0.3 is 0 Å². The summed E-state index contributed by atoms with van der Waals surface area (Å²) in [4.78, 5) is 4.90. The van der Waals surface area contributed by atoms with Crippen LogP contribution in [0.3, 0.4) is 0 Å². The SMILES string of the molecule is Cc1ccc(SOON)cc1. The molecule has 0 unspecified atom stereocenters. The van der Waals surface area contributed by atoms with Gasteiger partial charge in [0.25, 0.3) is 0 Å². The smallest absolute Gasteiger partial charge is 0.0702 e. The maximum absolute atomic E-state index is 4.66. The summed E-state index contributed by atoms with van der Waals surface area (Å²) in [5.41, 5.74) is 1.21. The molecule has 2 N–H and O–H groups in total. The number of rotatable bonds is 3. The van der Waals surface area contributed by atoms with Crippen LogP contribution in [0.1, 0.15) is 5.56 Å². The van der Waals surface area contributed by atoms with Crippen LogP contribution in [0.2, 0.25) is 0 Å². The van der Waals surface area contributed by atoms with E-state index in [1.165, 1.54) is 5.56 Å². The van der Waals surface area contributed by atoms with Gasteiger partial charge in [-0.15, -0.1) is 9.32 Å². The molecule has 0 aliphatic heterocycles. The predicted octanol–water partition coefficient (Wildman–Crippen LogP) is 1.82. The molecule has 0 spiro atoms. The number of nitrogens with two attached hydrogens (primary N) is 1. The molecule has 0 fully saturated rings. The topological polar surface area (TPSA) is 44.5 Å². The number of aryl methyl sites for hydroxylation is 1. The Kier molecular flexibility index (Phi) is 3.38. The van der Waals surface area contributed by atoms with Gasteiger partial charge in [-0.2, -0.15) is 5.90 Å². The fraction of sp³-hybridized carbons (Fsp3) is 0.143. The molecule has 0 amide bonds. The molecule has 11 heavy (non-hydrogen) atoms. The van der Waals surface area contributed by atoms with E-state index in [0.717, 1.165) is 16.9 Å². The Bertz CT molecular complexity index is 212. The van der Waals surface area contributed by atoms with Gasteiger partial charge in [-0.3, -0.25) is 0 Å². The molecular formula is C7H9NO2S. The van der Waals surface area contributed by atoms with Crippen LogP contribution >= 0.6 is 12.0 Å². The van der Waals surface area contributed by atoms with Gasteiger partial charge in [0.2, 0.25) is 0 Å². The average Bonchev–Trinajstić information content (AvgIpc) is 2.04. The zero-order chi connectivity index (χ0) is 8.10. The lowest BCUT2D eigenvalue weighted by Crippen LogP contribution is -1.93. The van der Waals surface area contributed by atoms with Gasteiger partial charge in [-0.25, -0.2) is 0 Å². The van der Waals surface area contributed by atoms with Crippen molar-refractivity contribution in [1.82, 2.24) is 0 Å². The van der Waals surface area contributed by atoms with Gasteiger partial charge in [0, 0.05) is 4.90 Å². The van der Waals surface area contributed by atoms with Crippen molar-refractivity contribution in [3.05, 3.63) is 29.8 Å². The first kappa shape index (κ1) is 8.55. The zero-order valence-electron chi connectivity index (χ0n) is 6.11. The van der Waals surface area contributed by atoms with Crippen LogP contribution in [0.5, 0.6) is 0 Å². The minimum absolute atomic E-state index is 0.959. The summed E-state index contributed by atoms with van der Waals surface area (Å²) in [6.45, 7) is 2.02. The minimum atomic E-state index is 0.959. The van der Waals surface area contributed by atoms with Crippen LogP contribution in [0, 0.1) is 6.92 Å².